The maximum Gasteiger partial charge on any atom is 0.192 e. The minimum atomic E-state index is -1.85. The van der Waals surface area contributed by atoms with Crippen LogP contribution in [-0.4, -0.2) is 32.9 Å². The third-order valence-electron chi connectivity index (χ3n) is 5.78. The van der Waals surface area contributed by atoms with E-state index in [9.17, 15) is 0 Å². The van der Waals surface area contributed by atoms with E-state index in [1.807, 2.05) is 6.07 Å². The number of hydrogen-bond acceptors (Lipinski definition) is 2. The maximum atomic E-state index is 6.61. The van der Waals surface area contributed by atoms with Gasteiger partial charge < -0.3 is 4.43 Å². The van der Waals surface area contributed by atoms with Gasteiger partial charge >= 0.3 is 0 Å². The molecule has 0 saturated carbocycles. The van der Waals surface area contributed by atoms with Crippen LogP contribution in [-0.2, 0) is 4.43 Å². The van der Waals surface area contributed by atoms with E-state index in [-0.39, 0.29) is 11.1 Å². The van der Waals surface area contributed by atoms with Crippen LogP contribution in [0.25, 0.3) is 6.08 Å². The minimum Gasteiger partial charge on any atom is -0.415 e. The molecule has 0 aliphatic heterocycles. The monoisotopic (exact) mass is 405 g/mol. The highest BCUT2D eigenvalue weighted by Gasteiger charge is 2.38. The van der Waals surface area contributed by atoms with Crippen molar-refractivity contribution in [3.05, 3.63) is 77.9 Å². The Morgan fingerprint density at radius 3 is 2.17 bits per heavy atom. The maximum absolute atomic E-state index is 6.61. The molecule has 2 rings (SSSR count). The molecule has 1 atom stereocenters. The Balaban J connectivity index is 2.21. The van der Waals surface area contributed by atoms with E-state index in [1.54, 1.807) is 0 Å². The molecular formula is C26H35NOSi. The van der Waals surface area contributed by atoms with E-state index < -0.39 is 8.32 Å². The van der Waals surface area contributed by atoms with Crippen LogP contribution < -0.4 is 0 Å². The Morgan fingerprint density at radius 2 is 1.62 bits per heavy atom. The molecule has 2 aromatic rings. The van der Waals surface area contributed by atoms with Crippen molar-refractivity contribution in [1.82, 2.24) is 4.90 Å². The van der Waals surface area contributed by atoms with Gasteiger partial charge in [-0.3, -0.25) is 4.90 Å². The second-order valence-corrected chi connectivity index (χ2v) is 13.8. The SMILES string of the molecule is C#CCN(C/C=C/c1ccccc1)[C@H](CO[Si](C)(C)C(C)(C)C)c1ccccc1. The first kappa shape index (κ1) is 23.2. The number of terminal acetylenes is 1. The number of benzene rings is 2. The summed E-state index contributed by atoms with van der Waals surface area (Å²) in [4.78, 5) is 2.32. The molecule has 154 valence electrons. The molecule has 0 aliphatic rings. The molecule has 2 nitrogen and oxygen atoms in total. The summed E-state index contributed by atoms with van der Waals surface area (Å²) in [5.41, 5.74) is 2.44. The lowest BCUT2D eigenvalue weighted by Gasteiger charge is -2.39. The van der Waals surface area contributed by atoms with Crippen molar-refractivity contribution in [3.8, 4) is 12.3 Å². The Morgan fingerprint density at radius 1 is 1.03 bits per heavy atom. The van der Waals surface area contributed by atoms with Crippen LogP contribution in [0.4, 0.5) is 0 Å². The molecule has 0 bridgehead atoms. The van der Waals surface area contributed by atoms with E-state index in [1.165, 1.54) is 11.1 Å². The minimum absolute atomic E-state index is 0.127. The second-order valence-electron chi connectivity index (χ2n) is 8.94. The summed E-state index contributed by atoms with van der Waals surface area (Å²) in [6.07, 6.45) is 10.1. The van der Waals surface area contributed by atoms with Gasteiger partial charge in [0.25, 0.3) is 0 Å². The number of rotatable bonds is 9. The van der Waals surface area contributed by atoms with Crippen LogP contribution in [0.2, 0.25) is 18.1 Å². The molecule has 0 aliphatic carbocycles. The van der Waals surface area contributed by atoms with Crippen molar-refractivity contribution in [1.29, 1.82) is 0 Å². The van der Waals surface area contributed by atoms with E-state index in [2.05, 4.69) is 111 Å². The van der Waals surface area contributed by atoms with Gasteiger partial charge in [-0.15, -0.1) is 6.42 Å². The van der Waals surface area contributed by atoms with Gasteiger partial charge in [0.05, 0.1) is 19.2 Å². The zero-order chi connectivity index (χ0) is 21.3. The molecular weight excluding hydrogens is 370 g/mol. The van der Waals surface area contributed by atoms with Crippen LogP contribution in [0.1, 0.15) is 37.9 Å². The van der Waals surface area contributed by atoms with E-state index in [0.29, 0.717) is 13.2 Å². The normalized spacial score (nSPS) is 13.6. The molecule has 0 radical (unpaired) electrons. The lowest BCUT2D eigenvalue weighted by molar-refractivity contribution is 0.151. The van der Waals surface area contributed by atoms with Crippen molar-refractivity contribution in [2.24, 2.45) is 0 Å². The van der Waals surface area contributed by atoms with Gasteiger partial charge in [-0.05, 0) is 29.3 Å². The molecule has 3 heteroatoms. The lowest BCUT2D eigenvalue weighted by Crippen LogP contribution is -2.43. The van der Waals surface area contributed by atoms with Crippen LogP contribution in [0.15, 0.2) is 66.7 Å². The third-order valence-corrected chi connectivity index (χ3v) is 10.3. The van der Waals surface area contributed by atoms with Crippen molar-refractivity contribution >= 4 is 14.4 Å². The summed E-state index contributed by atoms with van der Waals surface area (Å²) < 4.78 is 6.61. The van der Waals surface area contributed by atoms with Gasteiger partial charge in [0.2, 0.25) is 0 Å². The second kappa shape index (κ2) is 10.6. The summed E-state index contributed by atoms with van der Waals surface area (Å²) in [7, 11) is -1.85. The summed E-state index contributed by atoms with van der Waals surface area (Å²) in [6, 6.07) is 21.1. The third kappa shape index (κ3) is 7.01. The van der Waals surface area contributed by atoms with E-state index >= 15 is 0 Å². The van der Waals surface area contributed by atoms with Crippen molar-refractivity contribution in [3.63, 3.8) is 0 Å². The fourth-order valence-corrected chi connectivity index (χ4v) is 3.91. The molecule has 0 fully saturated rings. The predicted molar refractivity (Wildman–Crippen MR) is 128 cm³/mol. The highest BCUT2D eigenvalue weighted by atomic mass is 28.4. The van der Waals surface area contributed by atoms with Crippen LogP contribution in [0, 0.1) is 12.3 Å². The highest BCUT2D eigenvalue weighted by molar-refractivity contribution is 6.74. The van der Waals surface area contributed by atoms with E-state index in [0.717, 1.165) is 6.54 Å². The Kier molecular flexibility index (Phi) is 8.46. The average molecular weight is 406 g/mol. The Hall–Kier alpha value is -2.12. The lowest BCUT2D eigenvalue weighted by atomic mass is 10.1. The Bertz CT molecular complexity index is 800. The molecule has 29 heavy (non-hydrogen) atoms. The fourth-order valence-electron chi connectivity index (χ4n) is 2.90. The first-order chi connectivity index (χ1) is 13.7. The molecule has 0 saturated heterocycles. The summed E-state index contributed by atoms with van der Waals surface area (Å²) in [6.45, 7) is 13.4. The molecule has 0 aromatic heterocycles. The van der Waals surface area contributed by atoms with Crippen molar-refractivity contribution in [2.75, 3.05) is 19.7 Å². The fraction of sp³-hybridized carbons (Fsp3) is 0.385. The van der Waals surface area contributed by atoms with Crippen molar-refractivity contribution < 1.29 is 4.43 Å². The summed E-state index contributed by atoms with van der Waals surface area (Å²) >= 11 is 0. The molecule has 2 aromatic carbocycles. The first-order valence-corrected chi connectivity index (χ1v) is 13.2. The smallest absolute Gasteiger partial charge is 0.192 e. The van der Waals surface area contributed by atoms with E-state index in [4.69, 9.17) is 10.8 Å². The van der Waals surface area contributed by atoms with Gasteiger partial charge in [0.1, 0.15) is 0 Å². The highest BCUT2D eigenvalue weighted by Crippen LogP contribution is 2.37. The predicted octanol–water partition coefficient (Wildman–Crippen LogP) is 6.40. The average Bonchev–Trinajstić information content (AvgIpc) is 2.69. The zero-order valence-electron chi connectivity index (χ0n) is 18.6. The molecule has 0 unspecified atom stereocenters. The topological polar surface area (TPSA) is 12.5 Å². The van der Waals surface area contributed by atoms with Crippen LogP contribution in [0.5, 0.6) is 0 Å². The van der Waals surface area contributed by atoms with Gasteiger partial charge in [-0.25, -0.2) is 0 Å². The van der Waals surface area contributed by atoms with Crippen LogP contribution in [0.3, 0.4) is 0 Å². The van der Waals surface area contributed by atoms with Gasteiger partial charge in [0, 0.05) is 6.54 Å². The number of hydrogen-bond donors (Lipinski definition) is 0. The molecule has 0 heterocycles. The Labute approximate surface area is 178 Å². The first-order valence-electron chi connectivity index (χ1n) is 10.3. The summed E-state index contributed by atoms with van der Waals surface area (Å²) in [5.74, 6) is 2.84. The zero-order valence-corrected chi connectivity index (χ0v) is 19.6. The van der Waals surface area contributed by atoms with Crippen molar-refractivity contribution in [2.45, 2.75) is 44.9 Å². The van der Waals surface area contributed by atoms with Gasteiger partial charge in [-0.2, -0.15) is 0 Å². The van der Waals surface area contributed by atoms with Gasteiger partial charge in [0.15, 0.2) is 8.32 Å². The molecule has 0 spiro atoms. The standard InChI is InChI=1S/C26H35NOSi/c1-7-20-27(21-14-17-23-15-10-8-11-16-23)25(24-18-12-9-13-19-24)22-28-29(5,6)26(2,3)4/h1,8-19,25H,20-22H2,2-6H3/b17-14+/t25-/m1/s1. The largest absolute Gasteiger partial charge is 0.415 e. The molecule has 0 amide bonds. The molecule has 0 N–H and O–H groups in total. The quantitative estimate of drug-likeness (QED) is 0.353. The summed E-state index contributed by atoms with van der Waals surface area (Å²) in [5, 5.41) is 0.179. The van der Waals surface area contributed by atoms with Crippen LogP contribution >= 0.6 is 0 Å². The number of nitrogens with zero attached hydrogens (tertiary/aromatic N) is 1. The van der Waals surface area contributed by atoms with Gasteiger partial charge in [-0.1, -0.05) is 99.5 Å².